The van der Waals surface area contributed by atoms with E-state index < -0.39 is 5.97 Å². The van der Waals surface area contributed by atoms with Gasteiger partial charge in [-0.3, -0.25) is 4.79 Å². The first-order valence-electron chi connectivity index (χ1n) is 9.60. The molecule has 0 aromatic heterocycles. The molecule has 1 aliphatic heterocycles. The van der Waals surface area contributed by atoms with Crippen LogP contribution in [0.4, 0.5) is 11.4 Å². The number of para-hydroxylation sites is 1. The maximum Gasteiger partial charge on any atom is 0.303 e. The van der Waals surface area contributed by atoms with Crippen molar-refractivity contribution < 1.29 is 14.6 Å². The number of hydrogen-bond donors (Lipinski definition) is 2. The third-order valence-electron chi connectivity index (χ3n) is 5.10. The van der Waals surface area contributed by atoms with Crippen LogP contribution in [0.1, 0.15) is 38.7 Å². The quantitative estimate of drug-likeness (QED) is 0.714. The number of ether oxygens (including phenoxy) is 1. The summed E-state index contributed by atoms with van der Waals surface area (Å²) in [5.74, 6) is -0.875. The van der Waals surface area contributed by atoms with E-state index in [4.69, 9.17) is 16.3 Å². The fraction of sp³-hybridized carbons (Fsp3) is 0.409. The molecule has 2 aromatic carbocycles. The molecule has 2 N–H and O–H groups in total. The van der Waals surface area contributed by atoms with E-state index in [9.17, 15) is 9.90 Å². The Morgan fingerprint density at radius 2 is 1.93 bits per heavy atom. The van der Waals surface area contributed by atoms with E-state index in [0.29, 0.717) is 11.6 Å². The van der Waals surface area contributed by atoms with Crippen molar-refractivity contribution in [1.82, 2.24) is 0 Å². The Morgan fingerprint density at radius 3 is 2.61 bits per heavy atom. The van der Waals surface area contributed by atoms with Crippen LogP contribution in [0.3, 0.4) is 0 Å². The zero-order chi connectivity index (χ0) is 20.3. The highest BCUT2D eigenvalue weighted by Gasteiger charge is 2.34. The molecule has 150 valence electrons. The van der Waals surface area contributed by atoms with Gasteiger partial charge in [0.2, 0.25) is 0 Å². The molecule has 0 spiro atoms. The summed E-state index contributed by atoms with van der Waals surface area (Å²) in [5.41, 5.74) is 3.04. The summed E-state index contributed by atoms with van der Waals surface area (Å²) in [6.07, 6.45) is 0.0285. The van der Waals surface area contributed by atoms with Gasteiger partial charge < -0.3 is 20.1 Å². The number of nitrogens with one attached hydrogen (secondary N) is 1. The van der Waals surface area contributed by atoms with E-state index in [1.807, 2.05) is 49.4 Å². The van der Waals surface area contributed by atoms with Gasteiger partial charge >= 0.3 is 5.97 Å². The maximum absolute atomic E-state index is 11.3. The predicted molar refractivity (Wildman–Crippen MR) is 113 cm³/mol. The summed E-state index contributed by atoms with van der Waals surface area (Å²) < 4.78 is 6.09. The Labute approximate surface area is 171 Å². The number of nitrogens with zero attached hydrogens (tertiary/aromatic N) is 1. The van der Waals surface area contributed by atoms with Crippen LogP contribution in [0.2, 0.25) is 5.02 Å². The number of carboxylic acid groups (broad SMARTS) is 1. The molecule has 4 atom stereocenters. The lowest BCUT2D eigenvalue weighted by Gasteiger charge is -2.45. The van der Waals surface area contributed by atoms with Crippen molar-refractivity contribution in [3.8, 4) is 0 Å². The Morgan fingerprint density at radius 1 is 1.25 bits per heavy atom. The summed E-state index contributed by atoms with van der Waals surface area (Å²) in [6.45, 7) is 6.79. The van der Waals surface area contributed by atoms with Crippen molar-refractivity contribution >= 4 is 28.9 Å². The summed E-state index contributed by atoms with van der Waals surface area (Å²) in [4.78, 5) is 13.5. The molecule has 2 unspecified atom stereocenters. The number of morpholine rings is 1. The van der Waals surface area contributed by atoms with Crippen molar-refractivity contribution in [2.75, 3.05) is 16.8 Å². The molecule has 1 aliphatic rings. The molecule has 0 radical (unpaired) electrons. The first kappa shape index (κ1) is 20.5. The number of carboxylic acids is 1. The van der Waals surface area contributed by atoms with Gasteiger partial charge in [0.25, 0.3) is 0 Å². The molecule has 5 nitrogen and oxygen atoms in total. The highest BCUT2D eigenvalue weighted by Crippen LogP contribution is 2.34. The molecule has 1 fully saturated rings. The smallest absolute Gasteiger partial charge is 0.303 e. The van der Waals surface area contributed by atoms with Crippen molar-refractivity contribution in [2.45, 2.75) is 51.5 Å². The van der Waals surface area contributed by atoms with Gasteiger partial charge in [0.05, 0.1) is 18.6 Å². The highest BCUT2D eigenvalue weighted by atomic mass is 35.5. The largest absolute Gasteiger partial charge is 0.481 e. The minimum absolute atomic E-state index is 0.0535. The lowest BCUT2D eigenvalue weighted by Crippen LogP contribution is -2.57. The summed E-state index contributed by atoms with van der Waals surface area (Å²) >= 11 is 6.01. The van der Waals surface area contributed by atoms with Crippen LogP contribution >= 0.6 is 11.6 Å². The monoisotopic (exact) mass is 402 g/mol. The molecule has 1 saturated heterocycles. The third-order valence-corrected chi connectivity index (χ3v) is 5.35. The minimum Gasteiger partial charge on any atom is -0.481 e. The Bertz CT molecular complexity index is 812. The van der Waals surface area contributed by atoms with Gasteiger partial charge in [-0.2, -0.15) is 0 Å². The summed E-state index contributed by atoms with van der Waals surface area (Å²) in [6, 6.07) is 15.7. The van der Waals surface area contributed by atoms with E-state index in [1.54, 1.807) is 0 Å². The second-order valence-electron chi connectivity index (χ2n) is 7.46. The molecular weight excluding hydrogens is 376 g/mol. The van der Waals surface area contributed by atoms with Crippen molar-refractivity contribution in [3.63, 3.8) is 0 Å². The maximum atomic E-state index is 11.3. The molecule has 3 rings (SSSR count). The van der Waals surface area contributed by atoms with Gasteiger partial charge in [-0.05, 0) is 55.7 Å². The van der Waals surface area contributed by atoms with Crippen molar-refractivity contribution in [3.05, 3.63) is 59.1 Å². The zero-order valence-corrected chi connectivity index (χ0v) is 17.2. The number of halogens is 1. The molecule has 6 heteroatoms. The average molecular weight is 403 g/mol. The van der Waals surface area contributed by atoms with Gasteiger partial charge in [-0.1, -0.05) is 36.7 Å². The van der Waals surface area contributed by atoms with Crippen molar-refractivity contribution in [1.29, 1.82) is 0 Å². The topological polar surface area (TPSA) is 61.8 Å². The van der Waals surface area contributed by atoms with E-state index in [2.05, 4.69) is 30.1 Å². The SMILES string of the molecule is CC(CC(=O)O)c1ccccc1N1C[C@@H](C)O[C@@H](C)C1Nc1ccc(Cl)cc1. The molecule has 2 aromatic rings. The normalized spacial score (nSPS) is 23.3. The van der Waals surface area contributed by atoms with Gasteiger partial charge in [0.15, 0.2) is 0 Å². The van der Waals surface area contributed by atoms with Crippen LogP contribution in [-0.2, 0) is 9.53 Å². The highest BCUT2D eigenvalue weighted by molar-refractivity contribution is 6.30. The predicted octanol–water partition coefficient (Wildman–Crippen LogP) is 4.97. The Hall–Kier alpha value is -2.24. The molecule has 0 bridgehead atoms. The fourth-order valence-corrected chi connectivity index (χ4v) is 3.95. The van der Waals surface area contributed by atoms with Gasteiger partial charge in [0.1, 0.15) is 6.17 Å². The van der Waals surface area contributed by atoms with Crippen LogP contribution < -0.4 is 10.2 Å². The first-order chi connectivity index (χ1) is 13.3. The van der Waals surface area contributed by atoms with E-state index >= 15 is 0 Å². The molecular formula is C22H27ClN2O3. The Balaban J connectivity index is 1.94. The fourth-order valence-electron chi connectivity index (χ4n) is 3.83. The number of aliphatic carboxylic acids is 1. The van der Waals surface area contributed by atoms with Crippen LogP contribution in [0.25, 0.3) is 0 Å². The summed E-state index contributed by atoms with van der Waals surface area (Å²) in [5, 5.41) is 13.5. The second-order valence-corrected chi connectivity index (χ2v) is 7.89. The summed E-state index contributed by atoms with van der Waals surface area (Å²) in [7, 11) is 0. The third kappa shape index (κ3) is 4.78. The lowest BCUT2D eigenvalue weighted by atomic mass is 9.94. The zero-order valence-electron chi connectivity index (χ0n) is 16.4. The number of carbonyl (C=O) groups is 1. The average Bonchev–Trinajstić information content (AvgIpc) is 2.65. The molecule has 0 aliphatic carbocycles. The number of benzene rings is 2. The van der Waals surface area contributed by atoms with Crippen LogP contribution in [0.15, 0.2) is 48.5 Å². The number of anilines is 2. The number of rotatable bonds is 6. The second kappa shape index (κ2) is 8.84. The first-order valence-corrected chi connectivity index (χ1v) is 9.98. The van der Waals surface area contributed by atoms with Crippen LogP contribution in [0.5, 0.6) is 0 Å². The van der Waals surface area contributed by atoms with E-state index in [-0.39, 0.29) is 30.7 Å². The van der Waals surface area contributed by atoms with Crippen molar-refractivity contribution in [2.24, 2.45) is 0 Å². The molecule has 0 saturated carbocycles. The standard InChI is InChI=1S/C22H27ClN2O3/c1-14(12-21(26)27)19-6-4-5-7-20(19)25-13-15(2)28-16(3)22(25)24-18-10-8-17(23)9-11-18/h4-11,14-16,22,24H,12-13H2,1-3H3,(H,26,27)/t14?,15-,16+,22?/m1/s1. The molecule has 28 heavy (non-hydrogen) atoms. The van der Waals surface area contributed by atoms with Crippen LogP contribution in [-0.4, -0.2) is 36.0 Å². The Kier molecular flexibility index (Phi) is 6.47. The lowest BCUT2D eigenvalue weighted by molar-refractivity contribution is -0.137. The number of hydrogen-bond acceptors (Lipinski definition) is 4. The van der Waals surface area contributed by atoms with E-state index in [1.165, 1.54) is 0 Å². The minimum atomic E-state index is -0.790. The van der Waals surface area contributed by atoms with E-state index in [0.717, 1.165) is 16.9 Å². The molecule has 1 heterocycles. The van der Waals surface area contributed by atoms with Crippen LogP contribution in [0, 0.1) is 0 Å². The molecule has 0 amide bonds. The van der Waals surface area contributed by atoms with Gasteiger partial charge in [-0.15, -0.1) is 0 Å². The van der Waals surface area contributed by atoms with Gasteiger partial charge in [0, 0.05) is 22.9 Å². The van der Waals surface area contributed by atoms with Gasteiger partial charge in [-0.25, -0.2) is 0 Å².